The summed E-state index contributed by atoms with van der Waals surface area (Å²) >= 11 is 0. The standard InChI is InChI=1S/C10H14N2O2/c1-7(13)12-9-4-2-8(3-5-9)10(14)6-11/h2-5,10,14H,6,11H2,1H3,(H,12,13)/t10-/m1/s1. The van der Waals surface area contributed by atoms with Crippen LogP contribution in [0.1, 0.15) is 18.6 Å². The van der Waals surface area contributed by atoms with Crippen molar-refractivity contribution in [2.24, 2.45) is 5.73 Å². The molecule has 0 aliphatic carbocycles. The average molecular weight is 194 g/mol. The van der Waals surface area contributed by atoms with Gasteiger partial charge in [-0.3, -0.25) is 4.79 Å². The fourth-order valence-electron chi connectivity index (χ4n) is 1.13. The lowest BCUT2D eigenvalue weighted by Gasteiger charge is -2.08. The van der Waals surface area contributed by atoms with Crippen molar-refractivity contribution in [2.45, 2.75) is 13.0 Å². The Hall–Kier alpha value is -1.39. The lowest BCUT2D eigenvalue weighted by molar-refractivity contribution is -0.114. The molecule has 0 aromatic heterocycles. The summed E-state index contributed by atoms with van der Waals surface area (Å²) in [6.45, 7) is 1.64. The molecular formula is C10H14N2O2. The molecule has 0 fully saturated rings. The molecule has 0 radical (unpaired) electrons. The molecule has 0 unspecified atom stereocenters. The van der Waals surface area contributed by atoms with Crippen LogP contribution >= 0.6 is 0 Å². The van der Waals surface area contributed by atoms with Crippen molar-refractivity contribution < 1.29 is 9.90 Å². The summed E-state index contributed by atoms with van der Waals surface area (Å²) in [6.07, 6.45) is -0.638. The van der Waals surface area contributed by atoms with Gasteiger partial charge in [-0.1, -0.05) is 12.1 Å². The predicted octanol–water partition coefficient (Wildman–Crippen LogP) is 0.637. The molecule has 4 heteroatoms. The molecule has 0 spiro atoms. The number of nitrogens with one attached hydrogen (secondary N) is 1. The smallest absolute Gasteiger partial charge is 0.221 e. The van der Waals surface area contributed by atoms with Crippen LogP contribution in [0.4, 0.5) is 5.69 Å². The summed E-state index contributed by atoms with van der Waals surface area (Å²) in [7, 11) is 0. The Morgan fingerprint density at radius 2 is 2.07 bits per heavy atom. The fraction of sp³-hybridized carbons (Fsp3) is 0.300. The van der Waals surface area contributed by atoms with E-state index in [0.717, 1.165) is 5.56 Å². The second-order valence-corrected chi connectivity index (χ2v) is 3.05. The molecule has 1 aromatic rings. The quantitative estimate of drug-likeness (QED) is 0.660. The monoisotopic (exact) mass is 194 g/mol. The highest BCUT2D eigenvalue weighted by Crippen LogP contribution is 2.15. The van der Waals surface area contributed by atoms with Crippen molar-refractivity contribution >= 4 is 11.6 Å². The lowest BCUT2D eigenvalue weighted by atomic mass is 10.1. The van der Waals surface area contributed by atoms with Crippen molar-refractivity contribution in [1.29, 1.82) is 0 Å². The normalized spacial score (nSPS) is 12.2. The van der Waals surface area contributed by atoms with Crippen LogP contribution in [0.2, 0.25) is 0 Å². The third-order valence-corrected chi connectivity index (χ3v) is 1.84. The summed E-state index contributed by atoms with van der Waals surface area (Å²) in [5, 5.41) is 12.0. The van der Waals surface area contributed by atoms with Gasteiger partial charge in [-0.25, -0.2) is 0 Å². The number of hydrogen-bond donors (Lipinski definition) is 3. The summed E-state index contributed by atoms with van der Waals surface area (Å²) in [5.74, 6) is -0.114. The third kappa shape index (κ3) is 2.83. The number of nitrogens with two attached hydrogens (primary N) is 1. The Kier molecular flexibility index (Phi) is 3.62. The van der Waals surface area contributed by atoms with E-state index in [4.69, 9.17) is 5.73 Å². The van der Waals surface area contributed by atoms with Gasteiger partial charge in [-0.05, 0) is 17.7 Å². The van der Waals surface area contributed by atoms with E-state index in [1.807, 2.05) is 0 Å². The number of hydrogen-bond acceptors (Lipinski definition) is 3. The first-order chi connectivity index (χ1) is 6.63. The molecule has 1 rings (SSSR count). The molecular weight excluding hydrogens is 180 g/mol. The van der Waals surface area contributed by atoms with Crippen molar-refractivity contribution in [1.82, 2.24) is 0 Å². The van der Waals surface area contributed by atoms with E-state index >= 15 is 0 Å². The van der Waals surface area contributed by atoms with Gasteiger partial charge in [0.1, 0.15) is 0 Å². The Bertz CT molecular complexity index is 308. The average Bonchev–Trinajstić information content (AvgIpc) is 2.17. The van der Waals surface area contributed by atoms with Gasteiger partial charge in [0.2, 0.25) is 5.91 Å². The maximum absolute atomic E-state index is 10.7. The largest absolute Gasteiger partial charge is 0.387 e. The van der Waals surface area contributed by atoms with E-state index in [1.165, 1.54) is 6.92 Å². The molecule has 0 saturated carbocycles. The Morgan fingerprint density at radius 3 is 2.50 bits per heavy atom. The predicted molar refractivity (Wildman–Crippen MR) is 54.8 cm³/mol. The maximum atomic E-state index is 10.7. The Balaban J connectivity index is 2.73. The minimum absolute atomic E-state index is 0.114. The minimum atomic E-state index is -0.638. The van der Waals surface area contributed by atoms with Crippen LogP contribution in [0.5, 0.6) is 0 Å². The first-order valence-electron chi connectivity index (χ1n) is 4.39. The molecule has 0 bridgehead atoms. The van der Waals surface area contributed by atoms with Crippen molar-refractivity contribution in [3.05, 3.63) is 29.8 Å². The topological polar surface area (TPSA) is 75.3 Å². The van der Waals surface area contributed by atoms with Crippen LogP contribution in [0, 0.1) is 0 Å². The zero-order valence-corrected chi connectivity index (χ0v) is 8.03. The first kappa shape index (κ1) is 10.7. The van der Waals surface area contributed by atoms with E-state index in [0.29, 0.717) is 5.69 Å². The molecule has 76 valence electrons. The molecule has 1 amide bonds. The van der Waals surface area contributed by atoms with Gasteiger partial charge in [0.15, 0.2) is 0 Å². The Labute approximate surface area is 82.7 Å². The first-order valence-corrected chi connectivity index (χ1v) is 4.39. The number of anilines is 1. The van der Waals surface area contributed by atoms with Gasteiger partial charge in [0.05, 0.1) is 6.10 Å². The molecule has 4 nitrogen and oxygen atoms in total. The van der Waals surface area contributed by atoms with Gasteiger partial charge >= 0.3 is 0 Å². The minimum Gasteiger partial charge on any atom is -0.387 e. The zero-order chi connectivity index (χ0) is 10.6. The van der Waals surface area contributed by atoms with Crippen molar-refractivity contribution in [2.75, 3.05) is 11.9 Å². The summed E-state index contributed by atoms with van der Waals surface area (Å²) in [6, 6.07) is 6.94. The second-order valence-electron chi connectivity index (χ2n) is 3.05. The third-order valence-electron chi connectivity index (χ3n) is 1.84. The van der Waals surface area contributed by atoms with E-state index in [1.54, 1.807) is 24.3 Å². The molecule has 4 N–H and O–H groups in total. The lowest BCUT2D eigenvalue weighted by Crippen LogP contribution is -2.11. The molecule has 0 aliphatic heterocycles. The van der Waals surface area contributed by atoms with Crippen LogP contribution in [-0.2, 0) is 4.79 Å². The van der Waals surface area contributed by atoms with Crippen LogP contribution in [-0.4, -0.2) is 17.6 Å². The molecule has 0 saturated heterocycles. The van der Waals surface area contributed by atoms with E-state index in [-0.39, 0.29) is 12.5 Å². The van der Waals surface area contributed by atoms with Gasteiger partial charge in [0.25, 0.3) is 0 Å². The number of carbonyl (C=O) groups excluding carboxylic acids is 1. The van der Waals surface area contributed by atoms with Crippen LogP contribution < -0.4 is 11.1 Å². The van der Waals surface area contributed by atoms with Crippen LogP contribution in [0.3, 0.4) is 0 Å². The van der Waals surface area contributed by atoms with E-state index in [9.17, 15) is 9.90 Å². The molecule has 0 heterocycles. The van der Waals surface area contributed by atoms with Crippen LogP contribution in [0.25, 0.3) is 0 Å². The summed E-state index contributed by atoms with van der Waals surface area (Å²) in [4.78, 5) is 10.7. The number of amides is 1. The molecule has 14 heavy (non-hydrogen) atoms. The van der Waals surface area contributed by atoms with Gasteiger partial charge in [-0.2, -0.15) is 0 Å². The maximum Gasteiger partial charge on any atom is 0.221 e. The van der Waals surface area contributed by atoms with Crippen LogP contribution in [0.15, 0.2) is 24.3 Å². The second kappa shape index (κ2) is 4.74. The SMILES string of the molecule is CC(=O)Nc1ccc([C@H](O)CN)cc1. The molecule has 1 atom stereocenters. The number of rotatable bonds is 3. The number of aliphatic hydroxyl groups is 1. The number of carbonyl (C=O) groups is 1. The van der Waals surface area contributed by atoms with Gasteiger partial charge < -0.3 is 16.2 Å². The molecule has 1 aromatic carbocycles. The fourth-order valence-corrected chi connectivity index (χ4v) is 1.13. The summed E-state index contributed by atoms with van der Waals surface area (Å²) < 4.78 is 0. The Morgan fingerprint density at radius 1 is 1.50 bits per heavy atom. The highest BCUT2D eigenvalue weighted by molar-refractivity contribution is 5.88. The summed E-state index contributed by atoms with van der Waals surface area (Å²) in [5.41, 5.74) is 6.77. The zero-order valence-electron chi connectivity index (χ0n) is 8.03. The van der Waals surface area contributed by atoms with E-state index < -0.39 is 6.10 Å². The number of aliphatic hydroxyl groups excluding tert-OH is 1. The van der Waals surface area contributed by atoms with Crippen molar-refractivity contribution in [3.63, 3.8) is 0 Å². The van der Waals surface area contributed by atoms with E-state index in [2.05, 4.69) is 5.32 Å². The highest BCUT2D eigenvalue weighted by Gasteiger charge is 2.04. The van der Waals surface area contributed by atoms with Gasteiger partial charge in [-0.15, -0.1) is 0 Å². The number of benzene rings is 1. The molecule has 0 aliphatic rings. The van der Waals surface area contributed by atoms with Crippen molar-refractivity contribution in [3.8, 4) is 0 Å². The van der Waals surface area contributed by atoms with Gasteiger partial charge in [0, 0.05) is 19.2 Å². The highest BCUT2D eigenvalue weighted by atomic mass is 16.3.